The molecule has 0 unspecified atom stereocenters. The highest BCUT2D eigenvalue weighted by atomic mass is 32.1. The molecule has 0 saturated heterocycles. The molecular formula is C96H76BN3S. The Balaban J connectivity index is 1.04. The van der Waals surface area contributed by atoms with E-state index in [2.05, 4.69) is 356 Å². The normalized spacial score (nSPS) is 13.6. The molecular weight excluding hydrogens is 1240 g/mol. The van der Waals surface area contributed by atoms with Gasteiger partial charge in [-0.2, -0.15) is 0 Å². The molecule has 19 rings (SSSR count). The van der Waals surface area contributed by atoms with Crippen molar-refractivity contribution in [3.63, 3.8) is 0 Å². The maximum absolute atomic E-state index is 12.0. The Bertz CT molecular complexity index is 6240. The van der Waals surface area contributed by atoms with Crippen molar-refractivity contribution >= 4 is 132 Å². The van der Waals surface area contributed by atoms with Crippen LogP contribution in [-0.4, -0.2) is 11.3 Å². The molecule has 0 radical (unpaired) electrons. The monoisotopic (exact) mass is 1320 g/mol. The molecule has 0 saturated carbocycles. The number of hydrogen-bond acceptors (Lipinski definition) is 3. The highest BCUT2D eigenvalue weighted by Crippen LogP contribution is 2.57. The fraction of sp³-hybridized carbons (Fsp3) is 0.125. The van der Waals surface area contributed by atoms with Crippen molar-refractivity contribution in [2.45, 2.75) is 78.6 Å². The third-order valence-electron chi connectivity index (χ3n) is 21.6. The summed E-state index contributed by atoms with van der Waals surface area (Å²) in [6.45, 7) is 20.2. The van der Waals surface area contributed by atoms with Crippen LogP contribution < -0.4 is 25.5 Å². The highest BCUT2D eigenvalue weighted by molar-refractivity contribution is 7.33. The van der Waals surface area contributed by atoms with Crippen LogP contribution in [0, 0.1) is 0 Å². The van der Waals surface area contributed by atoms with Crippen molar-refractivity contribution in [1.82, 2.24) is 4.57 Å². The first-order valence-corrected chi connectivity index (χ1v) is 36.3. The lowest BCUT2D eigenvalue weighted by atomic mass is 9.36. The molecule has 0 bridgehead atoms. The van der Waals surface area contributed by atoms with E-state index in [1.54, 1.807) is 11.3 Å². The minimum atomic E-state index is -0.641. The van der Waals surface area contributed by atoms with Gasteiger partial charge in [0.15, 0.2) is 0 Å². The Morgan fingerprint density at radius 3 is 1.37 bits per heavy atom. The van der Waals surface area contributed by atoms with Crippen molar-refractivity contribution in [2.75, 3.05) is 9.80 Å². The minimum absolute atomic E-state index is 0.0000398. The SMILES string of the molecule is [2H]c1c([2H])c(-n2c3ccccc3c3cc4ccc5cccc6ccc(c4c56)c32)c([2H])c2c1B1c3sc4ccc(-c5ccccc5)cc4c3N(c3c(-c4ccccc4)cc(C(C)(C)C)cc3-c3ccccc3)c3cc(C(C)(C)C)cc(c31)N2c1c(-c2ccccc2)cc(C(C)(C)C)cc1-c1ccccc1. The lowest BCUT2D eigenvalue weighted by Gasteiger charge is -2.46. The summed E-state index contributed by atoms with van der Waals surface area (Å²) in [6.07, 6.45) is 0. The number of benzene rings is 15. The molecule has 5 heteroatoms. The molecule has 17 aromatic rings. The summed E-state index contributed by atoms with van der Waals surface area (Å²) >= 11 is 1.79. The van der Waals surface area contributed by atoms with Crippen molar-refractivity contribution in [2.24, 2.45) is 0 Å². The number of thiophene rings is 1. The predicted octanol–water partition coefficient (Wildman–Crippen LogP) is 25.2. The van der Waals surface area contributed by atoms with Gasteiger partial charge in [-0.05, 0) is 177 Å². The zero-order chi connectivity index (χ0) is 71.0. The molecule has 0 amide bonds. The van der Waals surface area contributed by atoms with Gasteiger partial charge < -0.3 is 14.4 Å². The molecule has 0 N–H and O–H groups in total. The number of para-hydroxylation sites is 1. The van der Waals surface area contributed by atoms with E-state index in [0.29, 0.717) is 16.8 Å². The molecule has 15 aromatic carbocycles. The van der Waals surface area contributed by atoms with Crippen molar-refractivity contribution in [3.8, 4) is 61.3 Å². The standard InChI is InChI=1S/C96H76BN3S/c1-94(2,3)68-52-74(60-30-17-11-18-31-60)90(75(53-68)61-32-19-12-20-33-61)99-82-58-71(98-81-41-26-25-40-72(81)78-51-67-43-42-64-38-27-39-65-44-47-73(89(78)98)87(67)86(64)65)46-48-80(82)97-88-83(99)56-70(96(7,8)9)57-84(88)100(92-79-50-66(59-28-15-10-16-29-59)45-49-85(79)101-93(92)97)91-76(62-34-21-13-22-35-62)54-69(95(4,5)6)55-77(91)63-36-23-14-24-37-63/h10-58H,1-9H3/i46D,48D,58D. The Labute approximate surface area is 600 Å². The van der Waals surface area contributed by atoms with Gasteiger partial charge >= 0.3 is 0 Å². The van der Waals surface area contributed by atoms with E-state index in [4.69, 9.17) is 0 Å². The van der Waals surface area contributed by atoms with E-state index in [-0.39, 0.29) is 29.0 Å². The van der Waals surface area contributed by atoms with Gasteiger partial charge in [0.1, 0.15) is 0 Å². The number of hydrogen-bond donors (Lipinski definition) is 0. The number of aromatic nitrogens is 1. The second-order valence-corrected chi connectivity index (χ2v) is 32.0. The predicted molar refractivity (Wildman–Crippen MR) is 437 cm³/mol. The quantitative estimate of drug-likeness (QED) is 0.111. The average molecular weight is 1320 g/mol. The second kappa shape index (κ2) is 22.6. The van der Waals surface area contributed by atoms with Gasteiger partial charge in [-0.25, -0.2) is 0 Å². The highest BCUT2D eigenvalue weighted by Gasteiger charge is 2.48. The zero-order valence-electron chi connectivity index (χ0n) is 61.4. The van der Waals surface area contributed by atoms with Crippen LogP contribution in [0.15, 0.2) is 297 Å². The number of fused-ring (bicyclic) bond motifs is 10. The summed E-state index contributed by atoms with van der Waals surface area (Å²) in [5, 5.41) is 9.97. The summed E-state index contributed by atoms with van der Waals surface area (Å²) in [4.78, 5) is 5.08. The van der Waals surface area contributed by atoms with Gasteiger partial charge in [-0.3, -0.25) is 0 Å². The Kier molecular flexibility index (Phi) is 12.9. The van der Waals surface area contributed by atoms with E-state index in [9.17, 15) is 4.11 Å². The Morgan fingerprint density at radius 2 is 0.822 bits per heavy atom. The molecule has 0 fully saturated rings. The van der Waals surface area contributed by atoms with E-state index >= 15 is 0 Å². The second-order valence-electron chi connectivity index (χ2n) is 30.9. The summed E-state index contributed by atoms with van der Waals surface area (Å²) in [7, 11) is 0. The first kappa shape index (κ1) is 57.6. The molecule has 0 aliphatic carbocycles. The fourth-order valence-corrected chi connectivity index (χ4v) is 17.8. The van der Waals surface area contributed by atoms with Gasteiger partial charge in [0.2, 0.25) is 0 Å². The summed E-state index contributed by atoms with van der Waals surface area (Å²) in [6, 6.07) is 103. The van der Waals surface area contributed by atoms with Crippen LogP contribution in [0.4, 0.5) is 34.1 Å². The van der Waals surface area contributed by atoms with Crippen LogP contribution in [0.25, 0.3) is 126 Å². The van der Waals surface area contributed by atoms with Crippen LogP contribution >= 0.6 is 11.3 Å². The lowest BCUT2D eigenvalue weighted by Crippen LogP contribution is -2.60. The van der Waals surface area contributed by atoms with Crippen LogP contribution in [0.1, 0.15) is 83.1 Å². The molecule has 3 nitrogen and oxygen atoms in total. The number of nitrogens with zero attached hydrogens (tertiary/aromatic N) is 3. The zero-order valence-corrected chi connectivity index (χ0v) is 59.2. The van der Waals surface area contributed by atoms with E-state index in [1.807, 2.05) is 0 Å². The Morgan fingerprint density at radius 1 is 0.347 bits per heavy atom. The van der Waals surface area contributed by atoms with Crippen molar-refractivity contribution in [3.05, 3.63) is 314 Å². The van der Waals surface area contributed by atoms with Gasteiger partial charge in [-0.15, -0.1) is 11.3 Å². The van der Waals surface area contributed by atoms with Crippen LogP contribution in [0.5, 0.6) is 0 Å². The van der Waals surface area contributed by atoms with Gasteiger partial charge in [0, 0.05) is 76.0 Å². The molecule has 2 aliphatic rings. The van der Waals surface area contributed by atoms with Gasteiger partial charge in [0.05, 0.1) is 32.2 Å². The van der Waals surface area contributed by atoms with Crippen LogP contribution in [0.3, 0.4) is 0 Å². The summed E-state index contributed by atoms with van der Waals surface area (Å²) in [5.74, 6) is 0. The van der Waals surface area contributed by atoms with Crippen LogP contribution in [-0.2, 0) is 16.2 Å². The molecule has 101 heavy (non-hydrogen) atoms. The average Bonchev–Trinajstić information content (AvgIpc) is 1.23. The van der Waals surface area contributed by atoms with Gasteiger partial charge in [0.25, 0.3) is 6.71 Å². The molecule has 0 atom stereocenters. The fourth-order valence-electron chi connectivity index (χ4n) is 16.5. The third-order valence-corrected chi connectivity index (χ3v) is 22.8. The number of rotatable bonds is 8. The van der Waals surface area contributed by atoms with E-state index < -0.39 is 12.1 Å². The summed E-state index contributed by atoms with van der Waals surface area (Å²) in [5.41, 5.74) is 22.5. The lowest BCUT2D eigenvalue weighted by molar-refractivity contribution is 0.590. The largest absolute Gasteiger partial charge is 0.310 e. The van der Waals surface area contributed by atoms with Crippen molar-refractivity contribution in [1.29, 1.82) is 0 Å². The molecule has 2 aliphatic heterocycles. The maximum Gasteiger partial charge on any atom is 0.264 e. The molecule has 0 spiro atoms. The molecule has 2 aromatic heterocycles. The first-order chi connectivity index (χ1) is 50.3. The molecule has 484 valence electrons. The minimum Gasteiger partial charge on any atom is -0.310 e. The molecule has 4 heterocycles. The first-order valence-electron chi connectivity index (χ1n) is 37.0. The third kappa shape index (κ3) is 9.60. The maximum atomic E-state index is 12.0. The summed E-state index contributed by atoms with van der Waals surface area (Å²) < 4.78 is 39.1. The van der Waals surface area contributed by atoms with E-state index in [1.165, 1.54) is 16.5 Å². The topological polar surface area (TPSA) is 11.4 Å². The van der Waals surface area contributed by atoms with Gasteiger partial charge in [-0.1, -0.05) is 287 Å². The smallest absolute Gasteiger partial charge is 0.264 e. The number of anilines is 6. The Hall–Kier alpha value is -11.2. The van der Waals surface area contributed by atoms with Crippen molar-refractivity contribution < 1.29 is 4.11 Å². The van der Waals surface area contributed by atoms with E-state index in [0.717, 1.165) is 159 Å². The van der Waals surface area contributed by atoms with Crippen LogP contribution in [0.2, 0.25) is 0 Å².